The Bertz CT molecular complexity index is 760. The van der Waals surface area contributed by atoms with Crippen LogP contribution >= 0.6 is 0 Å². The van der Waals surface area contributed by atoms with Crippen molar-refractivity contribution in [3.63, 3.8) is 0 Å². The molecule has 9 heteroatoms. The first-order valence-electron chi connectivity index (χ1n) is 12.8. The first-order chi connectivity index (χ1) is 15.5. The quantitative estimate of drug-likeness (QED) is 0.205. The summed E-state index contributed by atoms with van der Waals surface area (Å²) in [6, 6.07) is 0. The summed E-state index contributed by atoms with van der Waals surface area (Å²) >= 11 is 0. The molecule has 0 aromatic carbocycles. The zero-order valence-electron chi connectivity index (χ0n) is 20.4. The third-order valence-electron chi connectivity index (χ3n) is 9.85. The van der Waals surface area contributed by atoms with E-state index >= 15 is 0 Å². The Morgan fingerprint density at radius 2 is 1.82 bits per heavy atom. The molecular formula is C24H39B3N4O2. The molecule has 0 spiro atoms. The Balaban J connectivity index is 1.41. The summed E-state index contributed by atoms with van der Waals surface area (Å²) in [5.41, 5.74) is 5.75. The van der Waals surface area contributed by atoms with Gasteiger partial charge in [-0.15, -0.1) is 0 Å². The van der Waals surface area contributed by atoms with Crippen molar-refractivity contribution in [3.8, 4) is 0 Å². The molecular weight excluding hydrogens is 409 g/mol. The normalized spacial score (nSPS) is 41.1. The molecule has 8 unspecified atom stereocenters. The van der Waals surface area contributed by atoms with E-state index < -0.39 is 5.11 Å². The molecule has 4 aliphatic rings. The second kappa shape index (κ2) is 9.60. The fraction of sp³-hybridized carbons (Fsp3) is 0.917. The summed E-state index contributed by atoms with van der Waals surface area (Å²) in [4.78, 5) is 13.3. The Morgan fingerprint density at radius 3 is 2.52 bits per heavy atom. The SMILES string of the molecule is [B]C([B])([B])/C(N)=N/N(N)CC(=O)C1CCC2C3CCC4CC(COC)CCC4C3CCC12C. The largest absolute Gasteiger partial charge is 0.387 e. The van der Waals surface area contributed by atoms with Gasteiger partial charge in [0.25, 0.3) is 0 Å². The first-order valence-corrected chi connectivity index (χ1v) is 12.8. The van der Waals surface area contributed by atoms with Crippen LogP contribution in [0.25, 0.3) is 0 Å². The van der Waals surface area contributed by atoms with E-state index in [4.69, 9.17) is 39.9 Å². The predicted octanol–water partition coefficient (Wildman–Crippen LogP) is 2.11. The van der Waals surface area contributed by atoms with Gasteiger partial charge < -0.3 is 10.5 Å². The second-order valence-corrected chi connectivity index (χ2v) is 11.7. The number of nitrogens with zero attached hydrogens (tertiary/aromatic N) is 2. The number of hydrazine groups is 1. The maximum atomic E-state index is 13.3. The zero-order valence-corrected chi connectivity index (χ0v) is 20.4. The smallest absolute Gasteiger partial charge is 0.159 e. The van der Waals surface area contributed by atoms with Crippen LogP contribution < -0.4 is 11.6 Å². The third kappa shape index (κ3) is 4.91. The van der Waals surface area contributed by atoms with E-state index in [0.717, 1.165) is 60.6 Å². The Labute approximate surface area is 203 Å². The van der Waals surface area contributed by atoms with Gasteiger partial charge in [-0.2, -0.15) is 5.10 Å². The first kappa shape index (κ1) is 25.2. The van der Waals surface area contributed by atoms with Gasteiger partial charge in [-0.3, -0.25) is 4.79 Å². The van der Waals surface area contributed by atoms with Crippen molar-refractivity contribution >= 4 is 35.2 Å². The fourth-order valence-electron chi connectivity index (χ4n) is 8.40. The number of fused-ring (bicyclic) bond motifs is 5. The van der Waals surface area contributed by atoms with Gasteiger partial charge in [0.2, 0.25) is 0 Å². The molecule has 4 aliphatic carbocycles. The van der Waals surface area contributed by atoms with Gasteiger partial charge in [-0.25, -0.2) is 11.0 Å². The molecule has 0 amide bonds. The lowest BCUT2D eigenvalue weighted by Crippen LogP contribution is -2.50. The van der Waals surface area contributed by atoms with E-state index in [1.165, 1.54) is 38.5 Å². The summed E-state index contributed by atoms with van der Waals surface area (Å²) in [6.45, 7) is 3.26. The molecule has 176 valence electrons. The van der Waals surface area contributed by atoms with Gasteiger partial charge in [0.05, 0.1) is 23.5 Å². The zero-order chi connectivity index (χ0) is 24.0. The molecule has 4 N–H and O–H groups in total. The number of ether oxygens (including phenoxy) is 1. The number of rotatable bonds is 7. The maximum absolute atomic E-state index is 13.3. The minimum atomic E-state index is -1.76. The lowest BCUT2D eigenvalue weighted by Gasteiger charge is -2.56. The monoisotopic (exact) mass is 448 g/mol. The third-order valence-corrected chi connectivity index (χ3v) is 9.85. The lowest BCUT2D eigenvalue weighted by atomic mass is 9.42. The number of hydrogen-bond donors (Lipinski definition) is 2. The van der Waals surface area contributed by atoms with Crippen LogP contribution in [0.2, 0.25) is 5.11 Å². The number of nitrogens with two attached hydrogens (primary N) is 2. The molecule has 0 aliphatic heterocycles. The van der Waals surface area contributed by atoms with E-state index in [2.05, 4.69) is 12.0 Å². The van der Waals surface area contributed by atoms with Gasteiger partial charge in [-0.1, -0.05) is 12.0 Å². The number of carbonyl (C=O) groups is 1. The Hall–Kier alpha value is -0.945. The summed E-state index contributed by atoms with van der Waals surface area (Å²) < 4.78 is 5.46. The molecule has 33 heavy (non-hydrogen) atoms. The number of hydrogen-bond acceptors (Lipinski definition) is 5. The van der Waals surface area contributed by atoms with Crippen LogP contribution in [0.4, 0.5) is 0 Å². The second-order valence-electron chi connectivity index (χ2n) is 11.7. The molecule has 0 bridgehead atoms. The number of ketones is 1. The van der Waals surface area contributed by atoms with Gasteiger partial charge in [0.1, 0.15) is 12.4 Å². The van der Waals surface area contributed by atoms with Crippen molar-refractivity contribution < 1.29 is 9.53 Å². The number of Topliss-reactive ketones (excluding diaryl/α,β-unsaturated/α-hetero) is 1. The highest BCUT2D eigenvalue weighted by atomic mass is 16.5. The highest BCUT2D eigenvalue weighted by Gasteiger charge is 2.58. The minimum Gasteiger partial charge on any atom is -0.387 e. The topological polar surface area (TPSA) is 93.9 Å². The van der Waals surface area contributed by atoms with Crippen LogP contribution in [0, 0.1) is 46.8 Å². The van der Waals surface area contributed by atoms with E-state index in [9.17, 15) is 4.79 Å². The molecule has 8 atom stereocenters. The summed E-state index contributed by atoms with van der Waals surface area (Å²) in [6.07, 6.45) is 11.2. The molecule has 4 rings (SSSR count). The van der Waals surface area contributed by atoms with Crippen molar-refractivity contribution in [2.24, 2.45) is 63.5 Å². The number of methoxy groups -OCH3 is 1. The highest BCUT2D eigenvalue weighted by Crippen LogP contribution is 2.64. The van der Waals surface area contributed by atoms with Gasteiger partial charge >= 0.3 is 0 Å². The Kier molecular flexibility index (Phi) is 7.32. The van der Waals surface area contributed by atoms with Gasteiger partial charge in [0.15, 0.2) is 5.78 Å². The number of amidine groups is 1. The maximum Gasteiger partial charge on any atom is 0.159 e. The minimum absolute atomic E-state index is 0.0105. The van der Waals surface area contributed by atoms with Crippen molar-refractivity contribution in [1.29, 1.82) is 0 Å². The standard InChI is InChI=1S/C24H39B3N4O2/c1-23-10-9-17-16-5-3-14(13-33-2)11-15(16)4-6-18(17)19(23)7-8-20(23)21(32)12-31(29)30-22(28)24(25,26)27/h14-20H,3-13,29H2,1-2H3,(H2,28,30). The van der Waals surface area contributed by atoms with Crippen LogP contribution in [0.5, 0.6) is 0 Å². The van der Waals surface area contributed by atoms with Gasteiger partial charge in [-0.05, 0) is 98.7 Å². The lowest BCUT2D eigenvalue weighted by molar-refractivity contribution is -0.131. The van der Waals surface area contributed by atoms with Crippen molar-refractivity contribution in [3.05, 3.63) is 0 Å². The summed E-state index contributed by atoms with van der Waals surface area (Å²) in [7, 11) is 18.5. The van der Waals surface area contributed by atoms with E-state index in [0.29, 0.717) is 5.92 Å². The van der Waals surface area contributed by atoms with E-state index in [1.54, 1.807) is 0 Å². The van der Waals surface area contributed by atoms with Crippen LogP contribution in [0.15, 0.2) is 5.10 Å². The number of carbonyl (C=O) groups excluding carboxylic acids is 1. The Morgan fingerprint density at radius 1 is 1.09 bits per heavy atom. The summed E-state index contributed by atoms with van der Waals surface area (Å²) in [5, 5.41) is 3.19. The number of hydrazone groups is 1. The molecule has 0 aromatic heterocycles. The molecule has 0 aromatic rings. The average molecular weight is 448 g/mol. The van der Waals surface area contributed by atoms with E-state index in [-0.39, 0.29) is 29.5 Å². The summed E-state index contributed by atoms with van der Waals surface area (Å²) in [5.74, 6) is 10.6. The molecule has 6 radical (unpaired) electrons. The van der Waals surface area contributed by atoms with Crippen LogP contribution in [-0.2, 0) is 9.53 Å². The van der Waals surface area contributed by atoms with Crippen molar-refractivity contribution in [1.82, 2.24) is 5.12 Å². The molecule has 0 saturated heterocycles. The molecule has 6 nitrogen and oxygen atoms in total. The average Bonchev–Trinajstić information content (AvgIpc) is 3.10. The predicted molar refractivity (Wildman–Crippen MR) is 133 cm³/mol. The van der Waals surface area contributed by atoms with Crippen molar-refractivity contribution in [2.45, 2.75) is 69.8 Å². The van der Waals surface area contributed by atoms with Crippen LogP contribution in [0.3, 0.4) is 0 Å². The fourth-order valence-corrected chi connectivity index (χ4v) is 8.40. The molecule has 4 fully saturated rings. The van der Waals surface area contributed by atoms with Crippen LogP contribution in [-0.4, -0.2) is 60.5 Å². The van der Waals surface area contributed by atoms with Crippen molar-refractivity contribution in [2.75, 3.05) is 20.3 Å². The highest BCUT2D eigenvalue weighted by molar-refractivity contribution is 6.68. The van der Waals surface area contributed by atoms with Crippen LogP contribution in [0.1, 0.15) is 64.7 Å². The van der Waals surface area contributed by atoms with E-state index in [1.807, 2.05) is 7.11 Å². The molecule has 0 heterocycles. The van der Waals surface area contributed by atoms with Gasteiger partial charge in [0, 0.05) is 19.6 Å². The molecule has 4 saturated carbocycles.